The molecule has 0 saturated carbocycles. The van der Waals surface area contributed by atoms with Gasteiger partial charge in [0.2, 0.25) is 0 Å². The standard InChI is InChI=1S/C14H18O2/c1-9-5-6-11(10(2)15)12-7-8-14(3,4)16-13(9)12/h5-8,10,15H,1-4H3. The van der Waals surface area contributed by atoms with E-state index < -0.39 is 6.10 Å². The molecule has 2 nitrogen and oxygen atoms in total. The SMILES string of the molecule is Cc1ccc(C(C)O)c2c1OC(C)(C)C=C2. The lowest BCUT2D eigenvalue weighted by Crippen LogP contribution is -2.28. The summed E-state index contributed by atoms with van der Waals surface area (Å²) >= 11 is 0. The smallest absolute Gasteiger partial charge is 0.131 e. The molecule has 1 N–H and O–H groups in total. The molecule has 0 amide bonds. The predicted octanol–water partition coefficient (Wildman–Crippen LogP) is 3.23. The number of ether oxygens (including phenoxy) is 1. The molecule has 1 unspecified atom stereocenters. The molecule has 0 aromatic heterocycles. The Balaban J connectivity index is 2.60. The van der Waals surface area contributed by atoms with E-state index in [1.165, 1.54) is 0 Å². The Morgan fingerprint density at radius 3 is 2.62 bits per heavy atom. The van der Waals surface area contributed by atoms with Gasteiger partial charge < -0.3 is 9.84 Å². The van der Waals surface area contributed by atoms with Gasteiger partial charge in [0.1, 0.15) is 11.4 Å². The maximum absolute atomic E-state index is 9.71. The monoisotopic (exact) mass is 218 g/mol. The first-order valence-electron chi connectivity index (χ1n) is 5.60. The minimum Gasteiger partial charge on any atom is -0.483 e. The van der Waals surface area contributed by atoms with Crippen LogP contribution < -0.4 is 4.74 Å². The Bertz CT molecular complexity index is 442. The Hall–Kier alpha value is -1.28. The minimum absolute atomic E-state index is 0.269. The van der Waals surface area contributed by atoms with Crippen molar-refractivity contribution < 1.29 is 9.84 Å². The van der Waals surface area contributed by atoms with Crippen molar-refractivity contribution in [2.45, 2.75) is 39.4 Å². The Morgan fingerprint density at radius 2 is 2.00 bits per heavy atom. The van der Waals surface area contributed by atoms with Crippen molar-refractivity contribution in [2.75, 3.05) is 0 Å². The van der Waals surface area contributed by atoms with Crippen LogP contribution in [0.3, 0.4) is 0 Å². The topological polar surface area (TPSA) is 29.5 Å². The van der Waals surface area contributed by atoms with Crippen LogP contribution in [0.5, 0.6) is 5.75 Å². The van der Waals surface area contributed by atoms with Crippen LogP contribution >= 0.6 is 0 Å². The lowest BCUT2D eigenvalue weighted by atomic mass is 9.94. The third-order valence-electron chi connectivity index (χ3n) is 2.89. The van der Waals surface area contributed by atoms with Gasteiger partial charge in [-0.15, -0.1) is 0 Å². The molecule has 0 radical (unpaired) electrons. The van der Waals surface area contributed by atoms with Gasteiger partial charge in [0.25, 0.3) is 0 Å². The highest BCUT2D eigenvalue weighted by Gasteiger charge is 2.25. The van der Waals surface area contributed by atoms with Crippen molar-refractivity contribution in [3.8, 4) is 5.75 Å². The fourth-order valence-electron chi connectivity index (χ4n) is 1.98. The van der Waals surface area contributed by atoms with Crippen LogP contribution in [-0.2, 0) is 0 Å². The Kier molecular flexibility index (Phi) is 2.55. The molecule has 1 aromatic carbocycles. The lowest BCUT2D eigenvalue weighted by molar-refractivity contribution is 0.155. The molecule has 1 aliphatic rings. The molecule has 1 atom stereocenters. The molecule has 0 aliphatic carbocycles. The van der Waals surface area contributed by atoms with E-state index in [0.29, 0.717) is 0 Å². The van der Waals surface area contributed by atoms with E-state index in [-0.39, 0.29) is 5.60 Å². The highest BCUT2D eigenvalue weighted by molar-refractivity contribution is 5.66. The number of hydrogen-bond acceptors (Lipinski definition) is 2. The number of benzene rings is 1. The molecule has 1 aliphatic heterocycles. The maximum atomic E-state index is 9.71. The Morgan fingerprint density at radius 1 is 1.31 bits per heavy atom. The van der Waals surface area contributed by atoms with Crippen molar-refractivity contribution in [2.24, 2.45) is 0 Å². The largest absolute Gasteiger partial charge is 0.483 e. The fraction of sp³-hybridized carbons (Fsp3) is 0.429. The van der Waals surface area contributed by atoms with Gasteiger partial charge in [0, 0.05) is 5.56 Å². The third kappa shape index (κ3) is 1.85. The summed E-state index contributed by atoms with van der Waals surface area (Å²) < 4.78 is 5.94. The number of aliphatic hydroxyl groups is 1. The summed E-state index contributed by atoms with van der Waals surface area (Å²) in [6.45, 7) is 7.86. The van der Waals surface area contributed by atoms with Crippen LogP contribution in [0, 0.1) is 6.92 Å². The molecule has 86 valence electrons. The van der Waals surface area contributed by atoms with E-state index in [1.54, 1.807) is 6.92 Å². The summed E-state index contributed by atoms with van der Waals surface area (Å²) in [6.07, 6.45) is 3.61. The molecular formula is C14H18O2. The summed E-state index contributed by atoms with van der Waals surface area (Å²) in [5, 5.41) is 9.71. The van der Waals surface area contributed by atoms with Gasteiger partial charge in [-0.3, -0.25) is 0 Å². The van der Waals surface area contributed by atoms with Gasteiger partial charge in [0.15, 0.2) is 0 Å². The molecule has 1 aromatic rings. The number of rotatable bonds is 1. The average molecular weight is 218 g/mol. The molecule has 0 fully saturated rings. The number of aryl methyl sites for hydroxylation is 1. The second kappa shape index (κ2) is 3.63. The molecule has 16 heavy (non-hydrogen) atoms. The van der Waals surface area contributed by atoms with E-state index in [0.717, 1.165) is 22.4 Å². The predicted molar refractivity (Wildman–Crippen MR) is 65.6 cm³/mol. The van der Waals surface area contributed by atoms with Crippen LogP contribution in [-0.4, -0.2) is 10.7 Å². The lowest BCUT2D eigenvalue weighted by Gasteiger charge is -2.30. The van der Waals surface area contributed by atoms with Crippen molar-refractivity contribution in [3.63, 3.8) is 0 Å². The number of hydrogen-bond donors (Lipinski definition) is 1. The first-order chi connectivity index (χ1) is 7.41. The summed E-state index contributed by atoms with van der Waals surface area (Å²) in [7, 11) is 0. The molecule has 0 spiro atoms. The van der Waals surface area contributed by atoms with E-state index in [2.05, 4.69) is 0 Å². The minimum atomic E-state index is -0.469. The van der Waals surface area contributed by atoms with Crippen LogP contribution in [0.25, 0.3) is 6.08 Å². The number of fused-ring (bicyclic) bond motifs is 1. The zero-order chi connectivity index (χ0) is 11.9. The van der Waals surface area contributed by atoms with Crippen molar-refractivity contribution in [1.82, 2.24) is 0 Å². The average Bonchev–Trinajstić information content (AvgIpc) is 2.18. The van der Waals surface area contributed by atoms with Gasteiger partial charge >= 0.3 is 0 Å². The van der Waals surface area contributed by atoms with Crippen LogP contribution in [0.2, 0.25) is 0 Å². The summed E-state index contributed by atoms with van der Waals surface area (Å²) in [6, 6.07) is 3.96. The van der Waals surface area contributed by atoms with Crippen molar-refractivity contribution in [3.05, 3.63) is 34.9 Å². The molecule has 0 saturated heterocycles. The second-order valence-electron chi connectivity index (χ2n) is 4.93. The summed E-state index contributed by atoms with van der Waals surface area (Å²) in [5.41, 5.74) is 2.77. The zero-order valence-electron chi connectivity index (χ0n) is 10.2. The molecule has 0 bridgehead atoms. The van der Waals surface area contributed by atoms with Crippen LogP contribution in [0.1, 0.15) is 43.6 Å². The highest BCUT2D eigenvalue weighted by Crippen LogP contribution is 2.37. The van der Waals surface area contributed by atoms with Crippen LogP contribution in [0.15, 0.2) is 18.2 Å². The summed E-state index contributed by atoms with van der Waals surface area (Å²) in [5.74, 6) is 0.894. The second-order valence-corrected chi connectivity index (χ2v) is 4.93. The van der Waals surface area contributed by atoms with Gasteiger partial charge in [-0.2, -0.15) is 0 Å². The molecular weight excluding hydrogens is 200 g/mol. The third-order valence-corrected chi connectivity index (χ3v) is 2.89. The first kappa shape index (κ1) is 11.2. The van der Waals surface area contributed by atoms with Gasteiger partial charge in [-0.1, -0.05) is 18.2 Å². The van der Waals surface area contributed by atoms with Gasteiger partial charge in [0.05, 0.1) is 6.10 Å². The van der Waals surface area contributed by atoms with Crippen LogP contribution in [0.4, 0.5) is 0 Å². The zero-order valence-corrected chi connectivity index (χ0v) is 10.2. The first-order valence-corrected chi connectivity index (χ1v) is 5.60. The van der Waals surface area contributed by atoms with E-state index in [1.807, 2.05) is 45.1 Å². The number of aliphatic hydroxyl groups excluding tert-OH is 1. The van der Waals surface area contributed by atoms with E-state index in [9.17, 15) is 5.11 Å². The van der Waals surface area contributed by atoms with E-state index in [4.69, 9.17) is 4.74 Å². The quantitative estimate of drug-likeness (QED) is 0.784. The van der Waals surface area contributed by atoms with Gasteiger partial charge in [-0.05, 0) is 44.9 Å². The van der Waals surface area contributed by atoms with Crippen molar-refractivity contribution in [1.29, 1.82) is 0 Å². The van der Waals surface area contributed by atoms with E-state index >= 15 is 0 Å². The van der Waals surface area contributed by atoms with Crippen molar-refractivity contribution >= 4 is 6.08 Å². The highest BCUT2D eigenvalue weighted by atomic mass is 16.5. The normalized spacial score (nSPS) is 18.8. The molecule has 1 heterocycles. The van der Waals surface area contributed by atoms with Gasteiger partial charge in [-0.25, -0.2) is 0 Å². The maximum Gasteiger partial charge on any atom is 0.131 e. The molecule has 2 rings (SSSR count). The summed E-state index contributed by atoms with van der Waals surface area (Å²) in [4.78, 5) is 0. The molecule has 2 heteroatoms. The Labute approximate surface area is 96.6 Å². The fourth-order valence-corrected chi connectivity index (χ4v) is 1.98.